The molecule has 0 aliphatic carbocycles. The highest BCUT2D eigenvalue weighted by molar-refractivity contribution is 7.92. The molecule has 1 fully saturated rings. The van der Waals surface area contributed by atoms with Crippen molar-refractivity contribution in [1.82, 2.24) is 0 Å². The Kier molecular flexibility index (Phi) is 7.24. The van der Waals surface area contributed by atoms with E-state index in [1.54, 1.807) is 24.3 Å². The molecule has 3 rings (SSSR count). The lowest BCUT2D eigenvalue weighted by atomic mass is 9.89. The topological polar surface area (TPSA) is 46.6 Å². The standard InChI is InChI=1S/C26H35ClFNO3S/c1-24(2,3)18-29(25(4,5)6)23-12-7-19(17-22(23)28)26(13-15-32-16-14-26)33(30,31)21-10-8-20(27)9-11-21/h7-12,17H,13-16,18H2,1-6H3. The Hall–Kier alpha value is -1.63. The van der Waals surface area contributed by atoms with Gasteiger partial charge in [0.15, 0.2) is 9.84 Å². The maximum atomic E-state index is 15.7. The van der Waals surface area contributed by atoms with Crippen LogP contribution in [0.15, 0.2) is 47.4 Å². The van der Waals surface area contributed by atoms with Gasteiger partial charge in [0.1, 0.15) is 10.6 Å². The summed E-state index contributed by atoms with van der Waals surface area (Å²) in [6.45, 7) is 13.8. The van der Waals surface area contributed by atoms with E-state index in [1.165, 1.54) is 18.2 Å². The second kappa shape index (κ2) is 9.20. The van der Waals surface area contributed by atoms with E-state index in [2.05, 4.69) is 46.4 Å². The first-order valence-electron chi connectivity index (χ1n) is 11.3. The molecule has 1 aliphatic heterocycles. The fourth-order valence-electron chi connectivity index (χ4n) is 4.42. The summed E-state index contributed by atoms with van der Waals surface area (Å²) in [5.41, 5.74) is 0.596. The third-order valence-electron chi connectivity index (χ3n) is 6.15. The number of halogens is 2. The van der Waals surface area contributed by atoms with Crippen molar-refractivity contribution in [3.63, 3.8) is 0 Å². The number of anilines is 1. The minimum Gasteiger partial charge on any atom is -0.381 e. The third-order valence-corrected chi connectivity index (χ3v) is 8.96. The van der Waals surface area contributed by atoms with E-state index in [-0.39, 0.29) is 28.7 Å². The molecule has 1 aliphatic rings. The summed E-state index contributed by atoms with van der Waals surface area (Å²) in [6, 6.07) is 11.1. The fourth-order valence-corrected chi connectivity index (χ4v) is 6.63. The van der Waals surface area contributed by atoms with Crippen molar-refractivity contribution in [2.75, 3.05) is 24.7 Å². The second-order valence-corrected chi connectivity index (χ2v) is 13.7. The van der Waals surface area contributed by atoms with Gasteiger partial charge in [-0.3, -0.25) is 0 Å². The molecule has 0 atom stereocenters. The summed E-state index contributed by atoms with van der Waals surface area (Å²) in [4.78, 5) is 2.23. The first-order chi connectivity index (χ1) is 15.2. The number of hydrogen-bond donors (Lipinski definition) is 0. The van der Waals surface area contributed by atoms with Gasteiger partial charge in [0.05, 0.1) is 10.6 Å². The quantitative estimate of drug-likeness (QED) is 0.468. The number of ether oxygens (including phenoxy) is 1. The van der Waals surface area contributed by atoms with Crippen molar-refractivity contribution in [3.8, 4) is 0 Å². The highest BCUT2D eigenvalue weighted by atomic mass is 35.5. The highest BCUT2D eigenvalue weighted by Gasteiger charge is 2.47. The Bertz CT molecular complexity index is 1080. The van der Waals surface area contributed by atoms with Gasteiger partial charge in [-0.1, -0.05) is 38.4 Å². The largest absolute Gasteiger partial charge is 0.381 e. The SMILES string of the molecule is CC(C)(C)CN(c1ccc(C2(S(=O)(=O)c3ccc(Cl)cc3)CCOCC2)cc1F)C(C)(C)C. The Morgan fingerprint density at radius 2 is 1.58 bits per heavy atom. The van der Waals surface area contributed by atoms with Gasteiger partial charge < -0.3 is 9.64 Å². The number of nitrogens with zero attached hydrogens (tertiary/aromatic N) is 1. The van der Waals surface area contributed by atoms with E-state index in [0.717, 1.165) is 0 Å². The summed E-state index contributed by atoms with van der Waals surface area (Å²) in [6.07, 6.45) is 0.531. The minimum atomic E-state index is -3.82. The molecule has 182 valence electrons. The molecule has 4 nitrogen and oxygen atoms in total. The van der Waals surface area contributed by atoms with Crippen LogP contribution in [-0.2, 0) is 19.3 Å². The molecule has 1 saturated heterocycles. The van der Waals surface area contributed by atoms with Crippen LogP contribution in [0.4, 0.5) is 10.1 Å². The molecule has 0 spiro atoms. The molecule has 0 amide bonds. The molecule has 33 heavy (non-hydrogen) atoms. The summed E-state index contributed by atoms with van der Waals surface area (Å²) in [5.74, 6) is -0.413. The van der Waals surface area contributed by atoms with E-state index in [1.807, 2.05) is 0 Å². The average molecular weight is 496 g/mol. The van der Waals surface area contributed by atoms with E-state index >= 15 is 4.39 Å². The molecule has 0 saturated carbocycles. The summed E-state index contributed by atoms with van der Waals surface area (Å²) >= 11 is 5.98. The second-order valence-electron chi connectivity index (χ2n) is 11.0. The Labute approximate surface area is 203 Å². The van der Waals surface area contributed by atoms with Crippen molar-refractivity contribution < 1.29 is 17.5 Å². The van der Waals surface area contributed by atoms with Crippen LogP contribution >= 0.6 is 11.6 Å². The maximum absolute atomic E-state index is 15.7. The molecule has 1 heterocycles. The van der Waals surface area contributed by atoms with Crippen LogP contribution in [0.25, 0.3) is 0 Å². The van der Waals surface area contributed by atoms with Crippen LogP contribution in [0.2, 0.25) is 5.02 Å². The van der Waals surface area contributed by atoms with Gasteiger partial charge >= 0.3 is 0 Å². The smallest absolute Gasteiger partial charge is 0.188 e. The van der Waals surface area contributed by atoms with Crippen LogP contribution in [-0.4, -0.2) is 33.7 Å². The fraction of sp³-hybridized carbons (Fsp3) is 0.538. The van der Waals surface area contributed by atoms with Crippen molar-refractivity contribution in [3.05, 3.63) is 58.9 Å². The van der Waals surface area contributed by atoms with Crippen LogP contribution in [0.5, 0.6) is 0 Å². The molecule has 7 heteroatoms. The van der Waals surface area contributed by atoms with Crippen molar-refractivity contribution in [1.29, 1.82) is 0 Å². The molecular formula is C26H35ClFNO3S. The van der Waals surface area contributed by atoms with Gasteiger partial charge in [-0.2, -0.15) is 0 Å². The van der Waals surface area contributed by atoms with E-state index < -0.39 is 20.4 Å². The van der Waals surface area contributed by atoms with E-state index in [4.69, 9.17) is 16.3 Å². The minimum absolute atomic E-state index is 0.0434. The molecule has 0 unspecified atom stereocenters. The van der Waals surface area contributed by atoms with Crippen molar-refractivity contribution in [2.24, 2.45) is 5.41 Å². The molecule has 2 aromatic carbocycles. The van der Waals surface area contributed by atoms with Crippen LogP contribution in [0.3, 0.4) is 0 Å². The highest BCUT2D eigenvalue weighted by Crippen LogP contribution is 2.45. The molecular weight excluding hydrogens is 461 g/mol. The maximum Gasteiger partial charge on any atom is 0.188 e. The van der Waals surface area contributed by atoms with Gasteiger partial charge in [0.2, 0.25) is 0 Å². The zero-order valence-corrected chi connectivity index (χ0v) is 22.0. The molecule has 0 N–H and O–H groups in total. The summed E-state index contributed by atoms with van der Waals surface area (Å²) < 4.78 is 47.7. The predicted molar refractivity (Wildman–Crippen MR) is 133 cm³/mol. The molecule has 0 aromatic heterocycles. The predicted octanol–water partition coefficient (Wildman–Crippen LogP) is 6.61. The zero-order valence-electron chi connectivity index (χ0n) is 20.4. The van der Waals surface area contributed by atoms with E-state index in [9.17, 15) is 8.42 Å². The zero-order chi connectivity index (χ0) is 24.7. The normalized spacial score (nSPS) is 17.1. The average Bonchev–Trinajstić information content (AvgIpc) is 2.71. The number of rotatable bonds is 5. The Morgan fingerprint density at radius 3 is 2.06 bits per heavy atom. The monoisotopic (exact) mass is 495 g/mol. The third kappa shape index (κ3) is 5.39. The summed E-state index contributed by atoms with van der Waals surface area (Å²) in [7, 11) is -3.82. The lowest BCUT2D eigenvalue weighted by molar-refractivity contribution is 0.0739. The first kappa shape index (κ1) is 26.0. The lowest BCUT2D eigenvalue weighted by Gasteiger charge is -2.42. The van der Waals surface area contributed by atoms with Crippen LogP contribution in [0.1, 0.15) is 59.9 Å². The van der Waals surface area contributed by atoms with Gasteiger partial charge in [0, 0.05) is 30.3 Å². The van der Waals surface area contributed by atoms with Crippen molar-refractivity contribution in [2.45, 2.75) is 69.6 Å². The van der Waals surface area contributed by atoms with Gasteiger partial charge in [-0.05, 0) is 81.0 Å². The van der Waals surface area contributed by atoms with Crippen molar-refractivity contribution >= 4 is 27.1 Å². The van der Waals surface area contributed by atoms with Crippen LogP contribution in [0, 0.1) is 11.2 Å². The Balaban J connectivity index is 2.12. The number of benzene rings is 2. The lowest BCUT2D eigenvalue weighted by Crippen LogP contribution is -2.46. The van der Waals surface area contributed by atoms with Gasteiger partial charge in [0.25, 0.3) is 0 Å². The van der Waals surface area contributed by atoms with E-state index in [0.29, 0.717) is 36.0 Å². The summed E-state index contributed by atoms with van der Waals surface area (Å²) in [5, 5.41) is 0.464. The molecule has 0 bridgehead atoms. The number of sulfone groups is 1. The first-order valence-corrected chi connectivity index (χ1v) is 13.2. The van der Waals surface area contributed by atoms with Gasteiger partial charge in [-0.25, -0.2) is 12.8 Å². The van der Waals surface area contributed by atoms with Crippen LogP contribution < -0.4 is 4.90 Å². The van der Waals surface area contributed by atoms with Gasteiger partial charge in [-0.15, -0.1) is 0 Å². The number of hydrogen-bond acceptors (Lipinski definition) is 4. The molecule has 2 aromatic rings. The molecule has 0 radical (unpaired) electrons. The Morgan fingerprint density at radius 1 is 1.00 bits per heavy atom.